The van der Waals surface area contributed by atoms with Crippen LogP contribution in [0.1, 0.15) is 0 Å². The first-order chi connectivity index (χ1) is 10.1. The van der Waals surface area contributed by atoms with Crippen molar-refractivity contribution in [2.45, 2.75) is 0 Å². The van der Waals surface area contributed by atoms with Gasteiger partial charge < -0.3 is 10.1 Å². The molecule has 3 amide bonds. The number of rotatable bonds is 6. The third kappa shape index (κ3) is 4.37. The Morgan fingerprint density at radius 1 is 1.38 bits per heavy atom. The van der Waals surface area contributed by atoms with Gasteiger partial charge in [0, 0.05) is 13.1 Å². The Kier molecular flexibility index (Phi) is 5.46. The lowest BCUT2D eigenvalue weighted by molar-refractivity contribution is -0.126. The first-order valence-electron chi connectivity index (χ1n) is 6.19. The summed E-state index contributed by atoms with van der Waals surface area (Å²) < 4.78 is 5.27. The summed E-state index contributed by atoms with van der Waals surface area (Å²) in [6.07, 6.45) is 0. The summed E-state index contributed by atoms with van der Waals surface area (Å²) >= 11 is 6.86. The minimum atomic E-state index is -0.346. The molecule has 2 rings (SSSR count). The summed E-state index contributed by atoms with van der Waals surface area (Å²) in [5, 5.41) is 2.73. The zero-order valence-electron chi connectivity index (χ0n) is 11.0. The summed E-state index contributed by atoms with van der Waals surface area (Å²) in [5.74, 6) is 0.0198. The molecule has 0 unspecified atom stereocenters. The van der Waals surface area contributed by atoms with Crippen LogP contribution in [0.5, 0.6) is 5.75 Å². The smallest absolute Gasteiger partial charge is 0.288 e. The number of nitrogens with one attached hydrogen (secondary N) is 1. The molecular formula is C13H13ClN2O4S. The molecule has 1 N–H and O–H groups in total. The van der Waals surface area contributed by atoms with Gasteiger partial charge in [-0.05, 0) is 12.1 Å². The number of hydrogen-bond donors (Lipinski definition) is 1. The normalized spacial score (nSPS) is 14.4. The van der Waals surface area contributed by atoms with E-state index >= 15 is 0 Å². The summed E-state index contributed by atoms with van der Waals surface area (Å²) in [7, 11) is 0. The van der Waals surface area contributed by atoms with Crippen molar-refractivity contribution in [3.8, 4) is 5.75 Å². The number of halogens is 1. The number of hydrogen-bond acceptors (Lipinski definition) is 5. The predicted octanol–water partition coefficient (Wildman–Crippen LogP) is 1.53. The van der Waals surface area contributed by atoms with E-state index in [4.69, 9.17) is 16.3 Å². The van der Waals surface area contributed by atoms with Crippen molar-refractivity contribution in [1.82, 2.24) is 10.2 Å². The van der Waals surface area contributed by atoms with Crippen LogP contribution in [-0.2, 0) is 9.59 Å². The number of carbonyl (C=O) groups excluding carboxylic acids is 3. The molecule has 1 aliphatic rings. The zero-order chi connectivity index (χ0) is 15.2. The molecule has 112 valence electrons. The Labute approximate surface area is 130 Å². The van der Waals surface area contributed by atoms with Gasteiger partial charge in [-0.25, -0.2) is 0 Å². The molecule has 0 radical (unpaired) electrons. The molecule has 8 heteroatoms. The number of para-hydroxylation sites is 1. The topological polar surface area (TPSA) is 75.7 Å². The van der Waals surface area contributed by atoms with Crippen molar-refractivity contribution < 1.29 is 19.1 Å². The van der Waals surface area contributed by atoms with Gasteiger partial charge in [0.05, 0.1) is 10.8 Å². The highest BCUT2D eigenvalue weighted by Gasteiger charge is 2.29. The van der Waals surface area contributed by atoms with Crippen LogP contribution in [0.2, 0.25) is 5.02 Å². The van der Waals surface area contributed by atoms with E-state index < -0.39 is 0 Å². The van der Waals surface area contributed by atoms with Gasteiger partial charge in [-0.15, -0.1) is 0 Å². The van der Waals surface area contributed by atoms with Crippen molar-refractivity contribution >= 4 is 40.4 Å². The molecule has 0 saturated carbocycles. The Bertz CT molecular complexity index is 551. The van der Waals surface area contributed by atoms with Gasteiger partial charge >= 0.3 is 0 Å². The van der Waals surface area contributed by atoms with E-state index in [9.17, 15) is 14.4 Å². The third-order valence-electron chi connectivity index (χ3n) is 2.69. The Hall–Kier alpha value is -1.73. The first kappa shape index (κ1) is 15.7. The maximum atomic E-state index is 11.6. The molecular weight excluding hydrogens is 316 g/mol. The monoisotopic (exact) mass is 328 g/mol. The van der Waals surface area contributed by atoms with Crippen molar-refractivity contribution in [2.75, 3.05) is 25.4 Å². The molecule has 0 bridgehead atoms. The zero-order valence-corrected chi connectivity index (χ0v) is 12.6. The fourth-order valence-electron chi connectivity index (χ4n) is 1.66. The van der Waals surface area contributed by atoms with Gasteiger partial charge in [0.2, 0.25) is 5.91 Å². The summed E-state index contributed by atoms with van der Waals surface area (Å²) in [4.78, 5) is 35.4. The number of carbonyl (C=O) groups is 3. The standard InChI is InChI=1S/C13H13ClN2O4S/c14-9-3-1-2-4-10(9)20-7-11(17)15-5-6-16-12(18)8-21-13(16)19/h1-4H,5-8H2,(H,15,17). The number of amides is 3. The van der Waals surface area contributed by atoms with Crippen LogP contribution in [0.25, 0.3) is 0 Å². The van der Waals surface area contributed by atoms with Crippen LogP contribution in [-0.4, -0.2) is 47.4 Å². The maximum absolute atomic E-state index is 11.6. The molecule has 6 nitrogen and oxygen atoms in total. The van der Waals surface area contributed by atoms with Crippen molar-refractivity contribution in [1.29, 1.82) is 0 Å². The molecule has 0 aliphatic carbocycles. The highest BCUT2D eigenvalue weighted by atomic mass is 35.5. The van der Waals surface area contributed by atoms with E-state index in [-0.39, 0.29) is 42.5 Å². The van der Waals surface area contributed by atoms with Gasteiger partial charge in [-0.3, -0.25) is 19.3 Å². The molecule has 0 spiro atoms. The fourth-order valence-corrected chi connectivity index (χ4v) is 2.60. The van der Waals surface area contributed by atoms with Gasteiger partial charge in [0.1, 0.15) is 5.75 Å². The van der Waals surface area contributed by atoms with Gasteiger partial charge in [0.25, 0.3) is 11.1 Å². The minimum absolute atomic E-state index is 0.169. The number of ether oxygens (including phenoxy) is 1. The second-order valence-electron chi connectivity index (χ2n) is 4.17. The largest absolute Gasteiger partial charge is 0.482 e. The summed E-state index contributed by atoms with van der Waals surface area (Å²) in [6, 6.07) is 6.84. The molecule has 21 heavy (non-hydrogen) atoms. The molecule has 0 atom stereocenters. The van der Waals surface area contributed by atoms with Crippen LogP contribution < -0.4 is 10.1 Å². The average molecular weight is 329 g/mol. The van der Waals surface area contributed by atoms with Crippen LogP contribution in [0.4, 0.5) is 4.79 Å². The van der Waals surface area contributed by atoms with E-state index in [2.05, 4.69) is 5.32 Å². The molecule has 1 heterocycles. The Balaban J connectivity index is 1.69. The molecule has 1 aromatic rings. The Morgan fingerprint density at radius 3 is 2.81 bits per heavy atom. The minimum Gasteiger partial charge on any atom is -0.482 e. The van der Waals surface area contributed by atoms with E-state index in [1.807, 2.05) is 0 Å². The third-order valence-corrected chi connectivity index (χ3v) is 3.86. The molecule has 1 saturated heterocycles. The quantitative estimate of drug-likeness (QED) is 0.857. The molecule has 1 fully saturated rings. The van der Waals surface area contributed by atoms with Crippen LogP contribution >= 0.6 is 23.4 Å². The molecule has 0 aromatic heterocycles. The van der Waals surface area contributed by atoms with E-state index in [0.29, 0.717) is 10.8 Å². The number of nitrogens with zero attached hydrogens (tertiary/aromatic N) is 1. The van der Waals surface area contributed by atoms with Gasteiger partial charge in [-0.1, -0.05) is 35.5 Å². The van der Waals surface area contributed by atoms with Crippen molar-refractivity contribution in [3.05, 3.63) is 29.3 Å². The van der Waals surface area contributed by atoms with Crippen LogP contribution in [0, 0.1) is 0 Å². The van der Waals surface area contributed by atoms with E-state index in [1.165, 1.54) is 0 Å². The van der Waals surface area contributed by atoms with E-state index in [1.54, 1.807) is 24.3 Å². The fraction of sp³-hybridized carbons (Fsp3) is 0.308. The van der Waals surface area contributed by atoms with Gasteiger partial charge in [0.15, 0.2) is 6.61 Å². The van der Waals surface area contributed by atoms with Crippen LogP contribution in [0.15, 0.2) is 24.3 Å². The number of imide groups is 1. The number of thioether (sulfide) groups is 1. The molecule has 1 aromatic carbocycles. The highest BCUT2D eigenvalue weighted by Crippen LogP contribution is 2.22. The maximum Gasteiger partial charge on any atom is 0.288 e. The lowest BCUT2D eigenvalue weighted by Gasteiger charge is -2.13. The van der Waals surface area contributed by atoms with Gasteiger partial charge in [-0.2, -0.15) is 0 Å². The number of benzene rings is 1. The lowest BCUT2D eigenvalue weighted by Crippen LogP contribution is -2.38. The second kappa shape index (κ2) is 7.33. The summed E-state index contributed by atoms with van der Waals surface area (Å²) in [6.45, 7) is 0.186. The molecule has 1 aliphatic heterocycles. The average Bonchev–Trinajstić information content (AvgIpc) is 2.78. The van der Waals surface area contributed by atoms with Crippen molar-refractivity contribution in [3.63, 3.8) is 0 Å². The van der Waals surface area contributed by atoms with Crippen molar-refractivity contribution in [2.24, 2.45) is 0 Å². The lowest BCUT2D eigenvalue weighted by atomic mass is 10.3. The SMILES string of the molecule is O=C(COc1ccccc1Cl)NCCN1C(=O)CSC1=O. The first-order valence-corrected chi connectivity index (χ1v) is 7.55. The predicted molar refractivity (Wildman–Crippen MR) is 79.5 cm³/mol. The van der Waals surface area contributed by atoms with Crippen LogP contribution in [0.3, 0.4) is 0 Å². The Morgan fingerprint density at radius 2 is 2.14 bits per heavy atom. The van der Waals surface area contributed by atoms with E-state index in [0.717, 1.165) is 16.7 Å². The second-order valence-corrected chi connectivity index (χ2v) is 5.50. The summed E-state index contributed by atoms with van der Waals surface area (Å²) in [5.41, 5.74) is 0. The highest BCUT2D eigenvalue weighted by molar-refractivity contribution is 8.14.